The van der Waals surface area contributed by atoms with Gasteiger partial charge in [-0.15, -0.1) is 0 Å². The Morgan fingerprint density at radius 2 is 1.86 bits per heavy atom. The van der Waals surface area contributed by atoms with Crippen LogP contribution in [0.3, 0.4) is 0 Å². The van der Waals surface area contributed by atoms with Gasteiger partial charge in [-0.25, -0.2) is 0 Å². The average molecular weight is 401 g/mol. The number of methoxy groups -OCH3 is 2. The van der Waals surface area contributed by atoms with E-state index in [1.165, 1.54) is 30.5 Å². The number of aliphatic hydroxyl groups is 1. The molecule has 0 amide bonds. The fourth-order valence-electron chi connectivity index (χ4n) is 4.33. The number of hydrogen-bond acceptors (Lipinski definition) is 5. The fraction of sp³-hybridized carbons (Fsp3) is 0.455. The summed E-state index contributed by atoms with van der Waals surface area (Å²) in [6, 6.07) is 12.3. The number of aliphatic hydroxyl groups excluding tert-OH is 1. The van der Waals surface area contributed by atoms with Crippen LogP contribution in [0.1, 0.15) is 42.9 Å². The van der Waals surface area contributed by atoms with Gasteiger partial charge in [0.25, 0.3) is 5.69 Å². The molecule has 7 heteroatoms. The first-order chi connectivity index (χ1) is 14.0. The van der Waals surface area contributed by atoms with Crippen molar-refractivity contribution < 1.29 is 24.8 Å². The molecule has 1 fully saturated rings. The topological polar surface area (TPSA) is 98.4 Å². The Bertz CT molecular complexity index is 849. The summed E-state index contributed by atoms with van der Waals surface area (Å²) in [6.07, 6.45) is 3.78. The number of ether oxygens (including phenoxy) is 2. The molecule has 0 heterocycles. The Morgan fingerprint density at radius 3 is 2.52 bits per heavy atom. The lowest BCUT2D eigenvalue weighted by Gasteiger charge is -2.29. The van der Waals surface area contributed by atoms with Gasteiger partial charge in [0.05, 0.1) is 25.7 Å². The quantitative estimate of drug-likeness (QED) is 0.497. The zero-order chi connectivity index (χ0) is 20.9. The average Bonchev–Trinajstić information content (AvgIpc) is 3.23. The van der Waals surface area contributed by atoms with E-state index in [0.29, 0.717) is 12.1 Å². The number of quaternary nitrogens is 1. The molecule has 0 radical (unpaired) electrons. The van der Waals surface area contributed by atoms with Crippen molar-refractivity contribution >= 4 is 5.69 Å². The van der Waals surface area contributed by atoms with E-state index in [1.54, 1.807) is 26.4 Å². The normalized spacial score (nSPS) is 16.4. The van der Waals surface area contributed by atoms with E-state index >= 15 is 0 Å². The smallest absolute Gasteiger partial charge is 0.269 e. The summed E-state index contributed by atoms with van der Waals surface area (Å²) in [5.41, 5.74) is 1.83. The van der Waals surface area contributed by atoms with Gasteiger partial charge in [-0.1, -0.05) is 31.0 Å². The van der Waals surface area contributed by atoms with Crippen LogP contribution in [0.25, 0.3) is 0 Å². The first kappa shape index (κ1) is 21.1. The molecule has 3 rings (SSSR count). The Hall–Kier alpha value is -2.64. The van der Waals surface area contributed by atoms with Crippen molar-refractivity contribution in [3.8, 4) is 11.5 Å². The zero-order valence-electron chi connectivity index (χ0n) is 17.0. The van der Waals surface area contributed by atoms with Crippen molar-refractivity contribution in [1.29, 1.82) is 0 Å². The Balaban J connectivity index is 1.70. The minimum atomic E-state index is -0.751. The van der Waals surface area contributed by atoms with Gasteiger partial charge in [-0.3, -0.25) is 10.1 Å². The minimum Gasteiger partial charge on any atom is -0.493 e. The highest BCUT2D eigenvalue weighted by molar-refractivity contribution is 5.45. The SMILES string of the molecule is COc1ccc(C2(C[NH2+]C[C@@H](O)c3cccc([N+](=O)[O-])c3)CCCC2)cc1OC. The standard InChI is InChI=1S/C22H28N2O5/c1-28-20-9-8-17(13-21(20)29-2)22(10-3-4-11-22)15-23-14-19(25)16-6-5-7-18(12-16)24(26)27/h5-9,12-13,19,23,25H,3-4,10-11,14-15H2,1-2H3/p+1/t19-/m1/s1. The van der Waals surface area contributed by atoms with E-state index in [9.17, 15) is 15.2 Å². The molecule has 1 saturated carbocycles. The second-order valence-electron chi connectivity index (χ2n) is 7.65. The number of nitro groups is 1. The van der Waals surface area contributed by atoms with Crippen LogP contribution < -0.4 is 14.8 Å². The Kier molecular flexibility index (Phi) is 6.71. The summed E-state index contributed by atoms with van der Waals surface area (Å²) in [6.45, 7) is 1.30. The lowest BCUT2D eigenvalue weighted by molar-refractivity contribution is -0.669. The summed E-state index contributed by atoms with van der Waals surface area (Å²) < 4.78 is 10.8. The first-order valence-electron chi connectivity index (χ1n) is 9.96. The highest BCUT2D eigenvalue weighted by Gasteiger charge is 2.38. The van der Waals surface area contributed by atoms with Crippen LogP contribution in [0.15, 0.2) is 42.5 Å². The molecule has 29 heavy (non-hydrogen) atoms. The van der Waals surface area contributed by atoms with Crippen LogP contribution in [-0.4, -0.2) is 37.3 Å². The minimum absolute atomic E-state index is 0.000795. The largest absolute Gasteiger partial charge is 0.493 e. The van der Waals surface area contributed by atoms with Crippen LogP contribution in [-0.2, 0) is 5.41 Å². The number of hydrogen-bond donors (Lipinski definition) is 2. The van der Waals surface area contributed by atoms with Crippen LogP contribution in [0.5, 0.6) is 11.5 Å². The molecule has 2 aromatic carbocycles. The number of rotatable bonds is 9. The van der Waals surface area contributed by atoms with E-state index in [4.69, 9.17) is 9.47 Å². The lowest BCUT2D eigenvalue weighted by atomic mass is 9.78. The van der Waals surface area contributed by atoms with Crippen molar-refractivity contribution in [3.63, 3.8) is 0 Å². The second kappa shape index (κ2) is 9.24. The number of nitrogens with zero attached hydrogens (tertiary/aromatic N) is 1. The molecule has 3 N–H and O–H groups in total. The first-order valence-corrected chi connectivity index (χ1v) is 9.96. The molecule has 0 unspecified atom stereocenters. The Morgan fingerprint density at radius 1 is 1.14 bits per heavy atom. The number of nitro benzene ring substituents is 1. The van der Waals surface area contributed by atoms with Crippen LogP contribution in [0.2, 0.25) is 0 Å². The van der Waals surface area contributed by atoms with E-state index in [0.717, 1.165) is 30.9 Å². The third kappa shape index (κ3) is 4.68. The van der Waals surface area contributed by atoms with Crippen molar-refractivity contribution in [2.75, 3.05) is 27.3 Å². The number of non-ortho nitro benzene ring substituents is 1. The highest BCUT2D eigenvalue weighted by Crippen LogP contribution is 2.42. The highest BCUT2D eigenvalue weighted by atomic mass is 16.6. The van der Waals surface area contributed by atoms with Crippen molar-refractivity contribution in [2.24, 2.45) is 0 Å². The van der Waals surface area contributed by atoms with Crippen molar-refractivity contribution in [1.82, 2.24) is 0 Å². The molecule has 0 aliphatic heterocycles. The van der Waals surface area contributed by atoms with Gasteiger partial charge in [0.15, 0.2) is 11.5 Å². The summed E-state index contributed by atoms with van der Waals surface area (Å²) >= 11 is 0. The third-order valence-electron chi connectivity index (χ3n) is 5.95. The molecule has 0 spiro atoms. The van der Waals surface area contributed by atoms with Crippen LogP contribution in [0, 0.1) is 10.1 Å². The van der Waals surface area contributed by atoms with Crippen LogP contribution >= 0.6 is 0 Å². The van der Waals surface area contributed by atoms with Gasteiger partial charge in [0, 0.05) is 17.5 Å². The molecule has 156 valence electrons. The number of nitrogens with two attached hydrogens (primary N) is 1. The zero-order valence-corrected chi connectivity index (χ0v) is 17.0. The molecular formula is C22H29N2O5+. The van der Waals surface area contributed by atoms with Crippen LogP contribution in [0.4, 0.5) is 5.69 Å². The summed E-state index contributed by atoms with van der Waals surface area (Å²) in [7, 11) is 3.27. The van der Waals surface area contributed by atoms with Crippen molar-refractivity contribution in [2.45, 2.75) is 37.2 Å². The molecule has 7 nitrogen and oxygen atoms in total. The Labute approximate surface area is 170 Å². The molecule has 0 aromatic heterocycles. The van der Waals surface area contributed by atoms with E-state index in [1.807, 2.05) is 6.07 Å². The van der Waals surface area contributed by atoms with Gasteiger partial charge in [0.1, 0.15) is 12.6 Å². The van der Waals surface area contributed by atoms with Gasteiger partial charge >= 0.3 is 0 Å². The predicted molar refractivity (Wildman–Crippen MR) is 109 cm³/mol. The summed E-state index contributed by atoms with van der Waals surface area (Å²) in [5, 5.41) is 23.6. The third-order valence-corrected chi connectivity index (χ3v) is 5.95. The second-order valence-corrected chi connectivity index (χ2v) is 7.65. The molecule has 2 aromatic rings. The van der Waals surface area contributed by atoms with E-state index < -0.39 is 11.0 Å². The van der Waals surface area contributed by atoms with Crippen molar-refractivity contribution in [3.05, 3.63) is 63.7 Å². The van der Waals surface area contributed by atoms with E-state index in [2.05, 4.69) is 17.4 Å². The number of benzene rings is 2. The van der Waals surface area contributed by atoms with Gasteiger partial charge in [-0.2, -0.15) is 0 Å². The maximum atomic E-state index is 11.0. The molecule has 1 atom stereocenters. The molecule has 0 bridgehead atoms. The predicted octanol–water partition coefficient (Wildman–Crippen LogP) is 2.72. The molecular weight excluding hydrogens is 372 g/mol. The van der Waals surface area contributed by atoms with Gasteiger partial charge in [0.2, 0.25) is 0 Å². The monoisotopic (exact) mass is 401 g/mol. The van der Waals surface area contributed by atoms with Gasteiger partial charge < -0.3 is 19.9 Å². The lowest BCUT2D eigenvalue weighted by Crippen LogP contribution is -2.88. The van der Waals surface area contributed by atoms with Gasteiger partial charge in [-0.05, 0) is 36.1 Å². The fourth-order valence-corrected chi connectivity index (χ4v) is 4.33. The maximum absolute atomic E-state index is 11.0. The molecule has 1 aliphatic carbocycles. The molecule has 1 aliphatic rings. The summed E-state index contributed by atoms with van der Waals surface area (Å²) in [4.78, 5) is 10.5. The molecule has 0 saturated heterocycles. The maximum Gasteiger partial charge on any atom is 0.269 e. The summed E-state index contributed by atoms with van der Waals surface area (Å²) in [5.74, 6) is 1.45. The van der Waals surface area contributed by atoms with E-state index in [-0.39, 0.29) is 11.1 Å².